The number of nitrogens with zero attached hydrogens (tertiary/aromatic N) is 4. The maximum atomic E-state index is 6.59. The van der Waals surface area contributed by atoms with Gasteiger partial charge in [0.25, 0.3) is 0 Å². The fourth-order valence-corrected chi connectivity index (χ4v) is 9.30. The molecule has 9 aromatic rings. The molecule has 272 valence electrons. The normalized spacial score (nSPS) is 12.8. The summed E-state index contributed by atoms with van der Waals surface area (Å²) in [7, 11) is 0. The Kier molecular flexibility index (Phi) is 8.30. The molecule has 13 rings (SSSR count). The van der Waals surface area contributed by atoms with Gasteiger partial charge >= 0.3 is 261 Å². The van der Waals surface area contributed by atoms with E-state index in [4.69, 9.17) is 9.72 Å². The quantitative estimate of drug-likeness (QED) is 0.161. The molecule has 0 N–H and O–H groups in total. The summed E-state index contributed by atoms with van der Waals surface area (Å²) in [6, 6.07) is 48.2. The number of aromatic nitrogens is 4. The molecule has 2 aliphatic heterocycles. The zero-order valence-corrected chi connectivity index (χ0v) is 33.2. The van der Waals surface area contributed by atoms with Crippen LogP contribution in [0.4, 0.5) is 0 Å². The number of hydrogen-bond donors (Lipinski definition) is 0. The molecule has 5 nitrogen and oxygen atoms in total. The summed E-state index contributed by atoms with van der Waals surface area (Å²) >= 11 is 2.48. The Balaban J connectivity index is 1.04. The van der Waals surface area contributed by atoms with Crippen LogP contribution in [0.5, 0.6) is 11.5 Å². The van der Waals surface area contributed by atoms with E-state index < -0.39 is 0 Å². The molecule has 0 amide bonds. The van der Waals surface area contributed by atoms with Crippen molar-refractivity contribution in [1.82, 2.24) is 18.5 Å². The van der Waals surface area contributed by atoms with Gasteiger partial charge in [-0.25, -0.2) is 0 Å². The van der Waals surface area contributed by atoms with Gasteiger partial charge in [0.2, 0.25) is 0 Å². The third-order valence-corrected chi connectivity index (χ3v) is 12.4. The van der Waals surface area contributed by atoms with Crippen LogP contribution in [0.15, 0.2) is 128 Å². The molecule has 0 unspecified atom stereocenters. The summed E-state index contributed by atoms with van der Waals surface area (Å²) in [6.07, 6.45) is 8.13. The van der Waals surface area contributed by atoms with Gasteiger partial charge in [-0.2, -0.15) is 0 Å². The molecule has 5 aromatic carbocycles. The summed E-state index contributed by atoms with van der Waals surface area (Å²) in [6.45, 7) is 6.67. The van der Waals surface area contributed by atoms with Gasteiger partial charge in [-0.3, -0.25) is 0 Å². The molecule has 6 heteroatoms. The first-order valence-electron chi connectivity index (χ1n) is 18.9. The van der Waals surface area contributed by atoms with Crippen LogP contribution < -0.4 is 4.74 Å². The van der Waals surface area contributed by atoms with Gasteiger partial charge in [-0.05, 0) is 29.7 Å². The third kappa shape index (κ3) is 5.89. The summed E-state index contributed by atoms with van der Waals surface area (Å²) < 4.78 is 14.6. The second kappa shape index (κ2) is 13.5. The van der Waals surface area contributed by atoms with Crippen molar-refractivity contribution in [2.45, 2.75) is 46.5 Å². The van der Waals surface area contributed by atoms with Crippen molar-refractivity contribution in [2.24, 2.45) is 0 Å². The van der Waals surface area contributed by atoms with Crippen molar-refractivity contribution in [2.75, 3.05) is 0 Å². The van der Waals surface area contributed by atoms with E-state index >= 15 is 0 Å². The van der Waals surface area contributed by atoms with Crippen molar-refractivity contribution in [1.29, 1.82) is 0 Å². The van der Waals surface area contributed by atoms with E-state index in [1.165, 1.54) is 50.2 Å². The average molecular weight is 894 g/mol. The summed E-state index contributed by atoms with van der Waals surface area (Å²) in [4.78, 5) is 4.80. The van der Waals surface area contributed by atoms with Crippen LogP contribution in [-0.4, -0.2) is 18.5 Å². The zero-order valence-electron chi connectivity index (χ0n) is 31.0. The monoisotopic (exact) mass is 893 g/mol. The number of ether oxygens (including phenoxy) is 1. The van der Waals surface area contributed by atoms with Crippen LogP contribution in [0, 0.1) is 36.7 Å². The van der Waals surface area contributed by atoms with Gasteiger partial charge in [-0.1, -0.05) is 36.4 Å². The fraction of sp³-hybridized carbons (Fsp3) is 0.143. The summed E-state index contributed by atoms with van der Waals surface area (Å²) in [5, 5.41) is 2.24. The number of pyridine rings is 2. The molecule has 0 saturated carbocycles. The number of rotatable bonds is 5. The molecular weight excluding hydrogens is 856 g/mol. The van der Waals surface area contributed by atoms with Gasteiger partial charge < -0.3 is 0 Å². The SMILES string of the molecule is Cc1ccnc(-n2c3[c-]c(Oc4[c-]c(-n5cc6c7ccc(n6[c]5=[Pt])CCc5ccc(c(C)c5C)CC7)ccc4)ccc3c3cc(-c4ccccc4)ccc32)c1. The van der Waals surface area contributed by atoms with E-state index in [2.05, 4.69) is 163 Å². The van der Waals surface area contributed by atoms with E-state index in [0.29, 0.717) is 11.5 Å². The van der Waals surface area contributed by atoms with Crippen molar-refractivity contribution in [3.8, 4) is 34.1 Å². The van der Waals surface area contributed by atoms with E-state index in [1.54, 1.807) is 0 Å². The molecule has 4 aliphatic rings. The summed E-state index contributed by atoms with van der Waals surface area (Å²) in [5.41, 5.74) is 16.1. The topological polar surface area (TPSA) is 36.4 Å². The Bertz CT molecular complexity index is 3020. The summed E-state index contributed by atoms with van der Waals surface area (Å²) in [5.74, 6) is 2.10. The predicted molar refractivity (Wildman–Crippen MR) is 217 cm³/mol. The average Bonchev–Trinajstić information content (AvgIpc) is 3.72. The molecule has 0 atom stereocenters. The Hall–Kier alpha value is -5.77. The van der Waals surface area contributed by atoms with Crippen LogP contribution in [-0.2, 0) is 45.0 Å². The zero-order chi connectivity index (χ0) is 37.2. The number of hydrogen-bond acceptors (Lipinski definition) is 2. The first-order valence-corrected chi connectivity index (χ1v) is 20.0. The van der Waals surface area contributed by atoms with Crippen LogP contribution in [0.1, 0.15) is 39.1 Å². The van der Waals surface area contributed by atoms with Crippen molar-refractivity contribution in [3.05, 3.63) is 183 Å². The minimum atomic E-state index is 0.621. The molecule has 2 aliphatic carbocycles. The molecular formula is C49H38N4OPt-2. The second-order valence-corrected chi connectivity index (χ2v) is 15.7. The molecule has 0 saturated heterocycles. The molecule has 0 fully saturated rings. The van der Waals surface area contributed by atoms with Crippen LogP contribution in [0.3, 0.4) is 0 Å². The van der Waals surface area contributed by atoms with E-state index in [1.807, 2.05) is 30.5 Å². The van der Waals surface area contributed by atoms with Gasteiger partial charge in [0.15, 0.2) is 0 Å². The Morgan fingerprint density at radius 1 is 0.636 bits per heavy atom. The molecule has 4 aromatic heterocycles. The fourth-order valence-electron chi connectivity index (χ4n) is 8.28. The Morgan fingerprint density at radius 2 is 1.40 bits per heavy atom. The molecule has 0 radical (unpaired) electrons. The van der Waals surface area contributed by atoms with Crippen molar-refractivity contribution in [3.63, 3.8) is 0 Å². The number of aryl methyl sites for hydroxylation is 5. The van der Waals surface area contributed by atoms with E-state index in [9.17, 15) is 0 Å². The van der Waals surface area contributed by atoms with Crippen molar-refractivity contribution < 1.29 is 24.1 Å². The standard InChI is InChI=1S/C49H38N4O.Pt/c1-32-24-25-50-49(26-32)53-46-23-18-39(37-8-5-4-6-9-37)27-45(46)44-22-21-43(29-47(44)53)54-42-11-7-10-41(28-42)51-30-48-38-15-14-35-12-13-36(34(3)33(35)2)16-19-40(20-17-38)52(48)31-51;/h4-13,17-18,20-27,30H,14-16,19H2,1-3H3;/q-2;. The first-order chi connectivity index (χ1) is 26.9. The van der Waals surface area contributed by atoms with Crippen LogP contribution >= 0.6 is 0 Å². The number of fused-ring (bicyclic) bond motifs is 3. The predicted octanol–water partition coefficient (Wildman–Crippen LogP) is 11.2. The van der Waals surface area contributed by atoms with Gasteiger partial charge in [0, 0.05) is 6.20 Å². The van der Waals surface area contributed by atoms with Gasteiger partial charge in [0.1, 0.15) is 0 Å². The molecule has 4 bridgehead atoms. The second-order valence-electron chi connectivity index (χ2n) is 14.7. The van der Waals surface area contributed by atoms with E-state index in [0.717, 1.165) is 68.4 Å². The van der Waals surface area contributed by atoms with E-state index in [-0.39, 0.29) is 0 Å². The van der Waals surface area contributed by atoms with Crippen LogP contribution in [0.25, 0.3) is 50.0 Å². The van der Waals surface area contributed by atoms with Crippen molar-refractivity contribution >= 4 is 27.3 Å². The van der Waals surface area contributed by atoms with Crippen LogP contribution in [0.2, 0.25) is 0 Å². The molecule has 55 heavy (non-hydrogen) atoms. The first kappa shape index (κ1) is 33.8. The number of imidazole rings is 1. The molecule has 6 heterocycles. The van der Waals surface area contributed by atoms with Gasteiger partial charge in [0.05, 0.1) is 0 Å². The third-order valence-electron chi connectivity index (χ3n) is 11.4. The maximum absolute atomic E-state index is 6.59. The Labute approximate surface area is 331 Å². The van der Waals surface area contributed by atoms with Gasteiger partial charge in [-0.15, -0.1) is 0 Å². The minimum absolute atomic E-state index is 0.621. The number of benzene rings is 5. The molecule has 0 spiro atoms. The Morgan fingerprint density at radius 3 is 2.22 bits per heavy atom.